The number of imide groups is 1. The molecule has 2 rings (SSSR count). The third kappa shape index (κ3) is 4.34. The lowest BCUT2D eigenvalue weighted by Crippen LogP contribution is -2.30. The van der Waals surface area contributed by atoms with Crippen molar-refractivity contribution in [2.45, 2.75) is 0 Å². The van der Waals surface area contributed by atoms with Crippen molar-refractivity contribution in [3.63, 3.8) is 0 Å². The van der Waals surface area contributed by atoms with E-state index in [1.54, 1.807) is 12.1 Å². The van der Waals surface area contributed by atoms with Crippen LogP contribution in [0.25, 0.3) is 6.08 Å². The number of hydrogen-bond acceptors (Lipinski definition) is 6. The molecule has 1 aromatic rings. The van der Waals surface area contributed by atoms with E-state index >= 15 is 0 Å². The first kappa shape index (κ1) is 19.8. The van der Waals surface area contributed by atoms with Crippen LogP contribution in [0.2, 0.25) is 0 Å². The smallest absolute Gasteiger partial charge is 0.343 e. The summed E-state index contributed by atoms with van der Waals surface area (Å²) < 4.78 is 15.9. The summed E-state index contributed by atoms with van der Waals surface area (Å²) in [6, 6.07) is 2.87. The van der Waals surface area contributed by atoms with Crippen molar-refractivity contribution >= 4 is 46.6 Å². The molecule has 0 aliphatic carbocycles. The van der Waals surface area contributed by atoms with Gasteiger partial charge in [-0.1, -0.05) is 6.08 Å². The summed E-state index contributed by atoms with van der Waals surface area (Å²) in [5.74, 6) is -0.186. The Bertz CT molecular complexity index is 790. The van der Waals surface area contributed by atoms with Crippen LogP contribution >= 0.6 is 22.6 Å². The molecule has 0 atom stereocenters. The Morgan fingerprint density at radius 1 is 1.35 bits per heavy atom. The molecule has 1 aliphatic heterocycles. The number of urea groups is 1. The first-order valence-electron chi connectivity index (χ1n) is 7.43. The van der Waals surface area contributed by atoms with Crippen LogP contribution in [0.3, 0.4) is 0 Å². The van der Waals surface area contributed by atoms with Gasteiger partial charge in [0.25, 0.3) is 5.91 Å². The topological polar surface area (TPSA) is 94.2 Å². The van der Waals surface area contributed by atoms with Crippen molar-refractivity contribution in [1.82, 2.24) is 10.2 Å². The predicted molar refractivity (Wildman–Crippen MR) is 102 cm³/mol. The Balaban J connectivity index is 2.30. The number of amides is 3. The molecule has 9 heteroatoms. The SMILES string of the molecule is C=CCN1C(=O)N/C(=C/c2cc(I)c(OCC(=O)OC)c(OC)c2)C1=O. The van der Waals surface area contributed by atoms with Crippen molar-refractivity contribution in [2.75, 3.05) is 27.4 Å². The normalized spacial score (nSPS) is 15.0. The van der Waals surface area contributed by atoms with Gasteiger partial charge >= 0.3 is 12.0 Å². The molecule has 3 amide bonds. The Morgan fingerprint density at radius 2 is 2.08 bits per heavy atom. The monoisotopic (exact) mass is 472 g/mol. The maximum Gasteiger partial charge on any atom is 0.343 e. The lowest BCUT2D eigenvalue weighted by atomic mass is 10.1. The van der Waals surface area contributed by atoms with E-state index in [2.05, 4.69) is 16.6 Å². The summed E-state index contributed by atoms with van der Waals surface area (Å²) in [5.41, 5.74) is 0.777. The maximum atomic E-state index is 12.2. The molecule has 1 saturated heterocycles. The van der Waals surface area contributed by atoms with Crippen LogP contribution in [0.1, 0.15) is 5.56 Å². The summed E-state index contributed by atoms with van der Waals surface area (Å²) in [7, 11) is 2.73. The first-order chi connectivity index (χ1) is 12.4. The molecule has 1 aliphatic rings. The molecule has 1 fully saturated rings. The molecule has 0 aromatic heterocycles. The van der Waals surface area contributed by atoms with Crippen molar-refractivity contribution in [2.24, 2.45) is 0 Å². The number of hydrogen-bond donors (Lipinski definition) is 1. The number of nitrogens with one attached hydrogen (secondary N) is 1. The summed E-state index contributed by atoms with van der Waals surface area (Å²) >= 11 is 2.02. The number of carbonyl (C=O) groups is 3. The number of rotatable bonds is 7. The number of esters is 1. The fourth-order valence-electron chi connectivity index (χ4n) is 2.19. The minimum atomic E-state index is -0.518. The summed E-state index contributed by atoms with van der Waals surface area (Å²) in [6.45, 7) is 3.40. The molecule has 0 unspecified atom stereocenters. The fourth-order valence-corrected chi connectivity index (χ4v) is 2.97. The van der Waals surface area contributed by atoms with Crippen molar-refractivity contribution in [1.29, 1.82) is 0 Å². The largest absolute Gasteiger partial charge is 0.493 e. The van der Waals surface area contributed by atoms with Gasteiger partial charge in [0.2, 0.25) is 0 Å². The molecule has 1 N–H and O–H groups in total. The highest BCUT2D eigenvalue weighted by Crippen LogP contribution is 2.34. The van der Waals surface area contributed by atoms with E-state index < -0.39 is 17.9 Å². The van der Waals surface area contributed by atoms with Crippen molar-refractivity contribution in [3.05, 3.63) is 39.6 Å². The average Bonchev–Trinajstić information content (AvgIpc) is 2.87. The van der Waals surface area contributed by atoms with Crippen LogP contribution in [-0.4, -0.2) is 50.2 Å². The lowest BCUT2D eigenvalue weighted by Gasteiger charge is -2.13. The molecular weight excluding hydrogens is 455 g/mol. The Labute approximate surface area is 163 Å². The third-order valence-electron chi connectivity index (χ3n) is 3.40. The van der Waals surface area contributed by atoms with Gasteiger partial charge in [0, 0.05) is 6.54 Å². The molecular formula is C17H17IN2O6. The van der Waals surface area contributed by atoms with Crippen LogP contribution in [0, 0.1) is 3.57 Å². The molecule has 0 spiro atoms. The molecule has 26 heavy (non-hydrogen) atoms. The standard InChI is InChI=1S/C17H17IN2O6/c1-4-5-20-16(22)12(19-17(20)23)7-10-6-11(18)15(13(8-10)24-2)26-9-14(21)25-3/h4,6-8H,1,5,9H2,2-3H3,(H,19,23)/b12-7+. The third-order valence-corrected chi connectivity index (χ3v) is 4.20. The quantitative estimate of drug-likeness (QED) is 0.214. The molecule has 138 valence electrons. The van der Waals surface area contributed by atoms with Crippen LogP contribution in [0.15, 0.2) is 30.5 Å². The minimum Gasteiger partial charge on any atom is -0.493 e. The summed E-state index contributed by atoms with van der Waals surface area (Å²) in [5, 5.41) is 2.52. The number of methoxy groups -OCH3 is 2. The Hall–Kier alpha value is -2.56. The fraction of sp³-hybridized carbons (Fsp3) is 0.235. The van der Waals surface area contributed by atoms with Crippen LogP contribution in [0.5, 0.6) is 11.5 Å². The van der Waals surface area contributed by atoms with Crippen molar-refractivity contribution < 1.29 is 28.6 Å². The number of carbonyl (C=O) groups excluding carboxylic acids is 3. The van der Waals surface area contributed by atoms with Gasteiger partial charge in [-0.15, -0.1) is 6.58 Å². The second-order valence-electron chi connectivity index (χ2n) is 5.09. The van der Waals surface area contributed by atoms with E-state index in [4.69, 9.17) is 9.47 Å². The Kier molecular flexibility index (Phi) is 6.61. The van der Waals surface area contributed by atoms with Gasteiger partial charge in [0.15, 0.2) is 18.1 Å². The van der Waals surface area contributed by atoms with Gasteiger partial charge in [-0.25, -0.2) is 9.59 Å². The van der Waals surface area contributed by atoms with Gasteiger partial charge < -0.3 is 19.5 Å². The lowest BCUT2D eigenvalue weighted by molar-refractivity contribution is -0.143. The number of ether oxygens (including phenoxy) is 3. The van der Waals surface area contributed by atoms with E-state index in [-0.39, 0.29) is 18.8 Å². The zero-order chi connectivity index (χ0) is 19.3. The molecule has 8 nitrogen and oxygen atoms in total. The van der Waals surface area contributed by atoms with E-state index in [1.165, 1.54) is 26.4 Å². The highest BCUT2D eigenvalue weighted by atomic mass is 127. The van der Waals surface area contributed by atoms with E-state index in [9.17, 15) is 14.4 Å². The van der Waals surface area contributed by atoms with Gasteiger partial charge in [-0.2, -0.15) is 0 Å². The molecule has 1 aromatic carbocycles. The first-order valence-corrected chi connectivity index (χ1v) is 8.51. The maximum absolute atomic E-state index is 12.2. The number of nitrogens with zero attached hydrogens (tertiary/aromatic N) is 1. The molecule has 0 saturated carbocycles. The summed E-state index contributed by atoms with van der Waals surface area (Å²) in [4.78, 5) is 36.4. The van der Waals surface area contributed by atoms with Gasteiger partial charge in [-0.05, 0) is 46.4 Å². The van der Waals surface area contributed by atoms with Crippen LogP contribution in [0.4, 0.5) is 4.79 Å². The number of halogens is 1. The second kappa shape index (κ2) is 8.70. The summed E-state index contributed by atoms with van der Waals surface area (Å²) in [6.07, 6.45) is 3.01. The number of benzene rings is 1. The zero-order valence-corrected chi connectivity index (χ0v) is 16.4. The van der Waals surface area contributed by atoms with Gasteiger partial charge in [-0.3, -0.25) is 9.69 Å². The minimum absolute atomic E-state index is 0.128. The van der Waals surface area contributed by atoms with E-state index in [0.29, 0.717) is 20.6 Å². The van der Waals surface area contributed by atoms with Crippen LogP contribution in [-0.2, 0) is 14.3 Å². The average molecular weight is 472 g/mol. The van der Waals surface area contributed by atoms with Crippen molar-refractivity contribution in [3.8, 4) is 11.5 Å². The van der Waals surface area contributed by atoms with Gasteiger partial charge in [0.1, 0.15) is 5.70 Å². The predicted octanol–water partition coefficient (Wildman–Crippen LogP) is 1.93. The Morgan fingerprint density at radius 3 is 2.69 bits per heavy atom. The van der Waals surface area contributed by atoms with E-state index in [0.717, 1.165) is 4.90 Å². The second-order valence-corrected chi connectivity index (χ2v) is 6.25. The van der Waals surface area contributed by atoms with E-state index in [1.807, 2.05) is 22.6 Å². The zero-order valence-electron chi connectivity index (χ0n) is 14.2. The van der Waals surface area contributed by atoms with Crippen LogP contribution < -0.4 is 14.8 Å². The van der Waals surface area contributed by atoms with Gasteiger partial charge in [0.05, 0.1) is 17.8 Å². The highest BCUT2D eigenvalue weighted by Gasteiger charge is 2.32. The highest BCUT2D eigenvalue weighted by molar-refractivity contribution is 14.1. The molecule has 0 radical (unpaired) electrons. The molecule has 1 heterocycles. The molecule has 0 bridgehead atoms.